The topological polar surface area (TPSA) is 78.1 Å². The number of aromatic amines is 1. The zero-order chi connectivity index (χ0) is 16.5. The molecule has 1 aromatic carbocycles. The molecule has 2 heterocycles. The van der Waals surface area contributed by atoms with Crippen LogP contribution in [0.5, 0.6) is 0 Å². The lowest BCUT2D eigenvalue weighted by atomic mass is 10.0. The molecule has 24 heavy (non-hydrogen) atoms. The molecule has 124 valence electrons. The van der Waals surface area contributed by atoms with Gasteiger partial charge < -0.3 is 10.2 Å². The molecule has 1 saturated heterocycles. The van der Waals surface area contributed by atoms with Crippen LogP contribution in [0.15, 0.2) is 36.4 Å². The zero-order valence-corrected chi connectivity index (χ0v) is 13.4. The Morgan fingerprint density at radius 1 is 1.21 bits per heavy atom. The van der Waals surface area contributed by atoms with Gasteiger partial charge in [-0.1, -0.05) is 30.3 Å². The van der Waals surface area contributed by atoms with E-state index in [1.165, 1.54) is 0 Å². The van der Waals surface area contributed by atoms with Crippen molar-refractivity contribution in [2.75, 3.05) is 13.1 Å². The summed E-state index contributed by atoms with van der Waals surface area (Å²) < 4.78 is 0. The minimum absolute atomic E-state index is 0.0279. The molecule has 2 fully saturated rings. The highest BCUT2D eigenvalue weighted by atomic mass is 16.2. The van der Waals surface area contributed by atoms with Crippen molar-refractivity contribution in [2.24, 2.45) is 0 Å². The summed E-state index contributed by atoms with van der Waals surface area (Å²) in [6, 6.07) is 11.3. The molecule has 6 nitrogen and oxygen atoms in total. The molecule has 0 unspecified atom stereocenters. The van der Waals surface area contributed by atoms with E-state index in [9.17, 15) is 9.59 Å². The van der Waals surface area contributed by atoms with E-state index in [-0.39, 0.29) is 24.3 Å². The van der Waals surface area contributed by atoms with Gasteiger partial charge in [0.05, 0.1) is 12.5 Å². The van der Waals surface area contributed by atoms with Crippen molar-refractivity contribution in [1.82, 2.24) is 20.4 Å². The number of aromatic nitrogens is 2. The second-order valence-electron chi connectivity index (χ2n) is 6.46. The Balaban J connectivity index is 1.63. The first-order valence-corrected chi connectivity index (χ1v) is 8.40. The molecule has 2 amide bonds. The van der Waals surface area contributed by atoms with Crippen molar-refractivity contribution in [3.8, 4) is 0 Å². The van der Waals surface area contributed by atoms with Crippen LogP contribution in [-0.2, 0) is 4.79 Å². The average Bonchev–Trinajstić information content (AvgIpc) is 3.37. The van der Waals surface area contributed by atoms with E-state index in [0.717, 1.165) is 24.1 Å². The first kappa shape index (κ1) is 14.9. The van der Waals surface area contributed by atoms with Gasteiger partial charge >= 0.3 is 0 Å². The second-order valence-corrected chi connectivity index (χ2v) is 6.46. The van der Waals surface area contributed by atoms with Crippen molar-refractivity contribution in [2.45, 2.75) is 31.2 Å². The zero-order valence-electron chi connectivity index (χ0n) is 13.4. The Morgan fingerprint density at radius 2 is 2.00 bits per heavy atom. The molecule has 0 bridgehead atoms. The van der Waals surface area contributed by atoms with E-state index >= 15 is 0 Å². The monoisotopic (exact) mass is 324 g/mol. The van der Waals surface area contributed by atoms with E-state index in [1.807, 2.05) is 36.4 Å². The third-order valence-corrected chi connectivity index (χ3v) is 4.71. The summed E-state index contributed by atoms with van der Waals surface area (Å²) in [6.45, 7) is 0.948. The van der Waals surface area contributed by atoms with Crippen molar-refractivity contribution >= 4 is 11.8 Å². The van der Waals surface area contributed by atoms with Gasteiger partial charge in [0.2, 0.25) is 5.91 Å². The molecule has 4 rings (SSSR count). The fourth-order valence-electron chi connectivity index (χ4n) is 3.24. The van der Waals surface area contributed by atoms with Crippen LogP contribution in [0, 0.1) is 0 Å². The Kier molecular flexibility index (Phi) is 3.80. The second kappa shape index (κ2) is 6.11. The van der Waals surface area contributed by atoms with Gasteiger partial charge in [0, 0.05) is 24.7 Å². The number of hydrogen-bond donors (Lipinski definition) is 2. The van der Waals surface area contributed by atoms with Crippen LogP contribution >= 0.6 is 0 Å². The molecule has 0 radical (unpaired) electrons. The van der Waals surface area contributed by atoms with Crippen LogP contribution in [0.3, 0.4) is 0 Å². The van der Waals surface area contributed by atoms with Crippen LogP contribution < -0.4 is 5.32 Å². The van der Waals surface area contributed by atoms with Crippen LogP contribution in [0.1, 0.15) is 53.0 Å². The predicted octanol–water partition coefficient (Wildman–Crippen LogP) is 1.99. The van der Waals surface area contributed by atoms with Crippen LogP contribution in [0.2, 0.25) is 0 Å². The fourth-order valence-corrected chi connectivity index (χ4v) is 3.24. The van der Waals surface area contributed by atoms with Crippen molar-refractivity contribution in [3.05, 3.63) is 53.3 Å². The van der Waals surface area contributed by atoms with Crippen LogP contribution in [-0.4, -0.2) is 40.0 Å². The molecule has 0 spiro atoms. The van der Waals surface area contributed by atoms with Gasteiger partial charge in [-0.2, -0.15) is 5.10 Å². The van der Waals surface area contributed by atoms with E-state index in [2.05, 4.69) is 15.5 Å². The molecule has 6 heteroatoms. The van der Waals surface area contributed by atoms with Gasteiger partial charge in [-0.25, -0.2) is 0 Å². The van der Waals surface area contributed by atoms with Gasteiger partial charge in [0.1, 0.15) is 5.69 Å². The van der Waals surface area contributed by atoms with E-state index in [4.69, 9.17) is 0 Å². The molecule has 1 atom stereocenters. The van der Waals surface area contributed by atoms with Gasteiger partial charge in [0.25, 0.3) is 5.91 Å². The Labute approximate surface area is 140 Å². The quantitative estimate of drug-likeness (QED) is 0.906. The summed E-state index contributed by atoms with van der Waals surface area (Å²) >= 11 is 0. The maximum Gasteiger partial charge on any atom is 0.274 e. The Morgan fingerprint density at radius 3 is 2.75 bits per heavy atom. The minimum Gasteiger partial charge on any atom is -0.354 e. The van der Waals surface area contributed by atoms with Crippen LogP contribution in [0.4, 0.5) is 0 Å². The summed E-state index contributed by atoms with van der Waals surface area (Å²) in [4.78, 5) is 26.8. The fraction of sp³-hybridized carbons (Fsp3) is 0.389. The van der Waals surface area contributed by atoms with Crippen LogP contribution in [0.25, 0.3) is 0 Å². The molecule has 1 aliphatic heterocycles. The summed E-state index contributed by atoms with van der Waals surface area (Å²) in [5, 5.41) is 10.0. The molecule has 2 N–H and O–H groups in total. The summed E-state index contributed by atoms with van der Waals surface area (Å²) in [7, 11) is 0. The summed E-state index contributed by atoms with van der Waals surface area (Å²) in [5.74, 6) is 0.375. The van der Waals surface area contributed by atoms with Crippen molar-refractivity contribution < 1.29 is 9.59 Å². The lowest BCUT2D eigenvalue weighted by molar-refractivity contribution is -0.121. The normalized spacial score (nSPS) is 21.2. The number of rotatable bonds is 3. The SMILES string of the molecule is O=C1C[C@H](c2ccccc2)N(C(=O)c2cc(C3CC3)[nH]n2)CCN1. The first-order valence-electron chi connectivity index (χ1n) is 8.40. The van der Waals surface area contributed by atoms with Gasteiger partial charge in [-0.3, -0.25) is 14.7 Å². The van der Waals surface area contributed by atoms with Gasteiger partial charge in [-0.15, -0.1) is 0 Å². The minimum atomic E-state index is -0.262. The lowest BCUT2D eigenvalue weighted by Crippen LogP contribution is -2.36. The maximum atomic E-state index is 13.0. The number of amides is 2. The number of nitrogens with one attached hydrogen (secondary N) is 2. The maximum absolute atomic E-state index is 13.0. The summed E-state index contributed by atoms with van der Waals surface area (Å²) in [6.07, 6.45) is 2.59. The molecule has 2 aromatic rings. The third kappa shape index (κ3) is 2.91. The van der Waals surface area contributed by atoms with Crippen molar-refractivity contribution in [1.29, 1.82) is 0 Å². The highest BCUT2D eigenvalue weighted by Crippen LogP contribution is 2.39. The molecule has 1 aromatic heterocycles. The highest BCUT2D eigenvalue weighted by Gasteiger charge is 2.32. The molecular formula is C18H20N4O2. The van der Waals surface area contributed by atoms with E-state index < -0.39 is 0 Å². The third-order valence-electron chi connectivity index (χ3n) is 4.71. The number of hydrogen-bond acceptors (Lipinski definition) is 3. The first-order chi connectivity index (χ1) is 11.7. The number of carbonyl (C=O) groups is 2. The molecule has 1 aliphatic carbocycles. The smallest absolute Gasteiger partial charge is 0.274 e. The highest BCUT2D eigenvalue weighted by molar-refractivity contribution is 5.93. The van der Waals surface area contributed by atoms with Gasteiger partial charge in [-0.05, 0) is 24.5 Å². The largest absolute Gasteiger partial charge is 0.354 e. The standard InChI is InChI=1S/C18H20N4O2/c23-17-11-16(13-4-2-1-3-5-13)22(9-8-19-17)18(24)15-10-14(20-21-15)12-6-7-12/h1-5,10,12,16H,6-9,11H2,(H,19,23)(H,20,21)/t16-/m1/s1. The summed E-state index contributed by atoms with van der Waals surface area (Å²) in [5.41, 5.74) is 2.45. The van der Waals surface area contributed by atoms with E-state index in [0.29, 0.717) is 24.7 Å². The Hall–Kier alpha value is -2.63. The molecule has 1 saturated carbocycles. The number of benzene rings is 1. The van der Waals surface area contributed by atoms with E-state index in [1.54, 1.807) is 4.90 Å². The van der Waals surface area contributed by atoms with Gasteiger partial charge in [0.15, 0.2) is 0 Å². The van der Waals surface area contributed by atoms with Crippen molar-refractivity contribution in [3.63, 3.8) is 0 Å². The number of H-pyrrole nitrogens is 1. The lowest BCUT2D eigenvalue weighted by Gasteiger charge is -2.28. The molecular weight excluding hydrogens is 304 g/mol. The Bertz CT molecular complexity index is 751. The number of carbonyl (C=O) groups excluding carboxylic acids is 2. The molecule has 2 aliphatic rings. The number of nitrogens with zero attached hydrogens (tertiary/aromatic N) is 2. The predicted molar refractivity (Wildman–Crippen MR) is 88.4 cm³/mol. The average molecular weight is 324 g/mol.